The fourth-order valence-electron chi connectivity index (χ4n) is 2.88. The van der Waals surface area contributed by atoms with Crippen molar-refractivity contribution in [1.82, 2.24) is 4.98 Å². The second-order valence-electron chi connectivity index (χ2n) is 6.65. The summed E-state index contributed by atoms with van der Waals surface area (Å²) in [6.07, 6.45) is -0.461. The van der Waals surface area contributed by atoms with Gasteiger partial charge in [-0.25, -0.2) is 9.37 Å². The fourth-order valence-corrected chi connectivity index (χ4v) is 2.88. The molecular formula is C23H24FNO3. The summed E-state index contributed by atoms with van der Waals surface area (Å²) in [6.45, 7) is 6.42. The molecule has 4 nitrogen and oxygen atoms in total. The van der Waals surface area contributed by atoms with Gasteiger partial charge in [0.25, 0.3) is 0 Å². The molecule has 1 aromatic heterocycles. The molecule has 1 heterocycles. The Hall–Kier alpha value is -2.92. The van der Waals surface area contributed by atoms with Crippen molar-refractivity contribution in [1.29, 1.82) is 0 Å². The number of phenols is 1. The number of rotatable bonds is 7. The first-order valence-electron chi connectivity index (χ1n) is 9.25. The van der Waals surface area contributed by atoms with E-state index in [1.807, 2.05) is 32.0 Å². The molecule has 5 heteroatoms. The van der Waals surface area contributed by atoms with Crippen molar-refractivity contribution in [3.05, 3.63) is 77.2 Å². The van der Waals surface area contributed by atoms with Gasteiger partial charge in [-0.05, 0) is 74.4 Å². The highest BCUT2D eigenvalue weighted by molar-refractivity contribution is 5.60. The summed E-state index contributed by atoms with van der Waals surface area (Å²) in [4.78, 5) is 4.63. The predicted octanol–water partition coefficient (Wildman–Crippen LogP) is 5.37. The van der Waals surface area contributed by atoms with Gasteiger partial charge in [-0.1, -0.05) is 12.1 Å². The molecule has 0 amide bonds. The number of benzene rings is 2. The van der Waals surface area contributed by atoms with Gasteiger partial charge in [0.05, 0.1) is 18.0 Å². The largest absolute Gasteiger partial charge is 0.508 e. The molecule has 0 unspecified atom stereocenters. The number of aromatic hydroxyl groups is 1. The molecule has 0 saturated carbocycles. The minimum Gasteiger partial charge on any atom is -0.508 e. The summed E-state index contributed by atoms with van der Waals surface area (Å²) in [5.74, 6) is 0.512. The van der Waals surface area contributed by atoms with E-state index in [0.29, 0.717) is 35.9 Å². The molecule has 3 aromatic rings. The molecule has 0 aliphatic rings. The SMILES string of the molecule is CCOC[C@@H](Oc1ccc(O)c(C)c1)c1cccc(-c2ccc(C)cc2F)n1. The van der Waals surface area contributed by atoms with E-state index in [-0.39, 0.29) is 11.6 Å². The average molecular weight is 381 g/mol. The van der Waals surface area contributed by atoms with Crippen molar-refractivity contribution in [2.24, 2.45) is 0 Å². The lowest BCUT2D eigenvalue weighted by atomic mass is 10.1. The maximum atomic E-state index is 14.4. The average Bonchev–Trinajstić information content (AvgIpc) is 2.68. The van der Waals surface area contributed by atoms with E-state index in [0.717, 1.165) is 11.1 Å². The van der Waals surface area contributed by atoms with Crippen molar-refractivity contribution in [2.45, 2.75) is 26.9 Å². The van der Waals surface area contributed by atoms with Crippen LogP contribution >= 0.6 is 0 Å². The Morgan fingerprint density at radius 2 is 1.89 bits per heavy atom. The molecule has 0 bridgehead atoms. The minimum absolute atomic E-state index is 0.212. The van der Waals surface area contributed by atoms with Crippen molar-refractivity contribution < 1.29 is 19.0 Å². The number of ether oxygens (including phenoxy) is 2. The lowest BCUT2D eigenvalue weighted by Gasteiger charge is -2.20. The van der Waals surface area contributed by atoms with E-state index < -0.39 is 6.10 Å². The van der Waals surface area contributed by atoms with Gasteiger partial charge in [0.15, 0.2) is 6.10 Å². The van der Waals surface area contributed by atoms with Gasteiger partial charge in [-0.2, -0.15) is 0 Å². The van der Waals surface area contributed by atoms with E-state index in [2.05, 4.69) is 4.98 Å². The first-order valence-corrected chi connectivity index (χ1v) is 9.25. The highest BCUT2D eigenvalue weighted by Crippen LogP contribution is 2.28. The Morgan fingerprint density at radius 3 is 2.61 bits per heavy atom. The Balaban J connectivity index is 1.92. The second-order valence-corrected chi connectivity index (χ2v) is 6.65. The van der Waals surface area contributed by atoms with E-state index in [9.17, 15) is 9.50 Å². The van der Waals surface area contributed by atoms with E-state index in [4.69, 9.17) is 9.47 Å². The van der Waals surface area contributed by atoms with Gasteiger partial charge >= 0.3 is 0 Å². The molecule has 0 aliphatic carbocycles. The van der Waals surface area contributed by atoms with Crippen molar-refractivity contribution in [3.8, 4) is 22.8 Å². The van der Waals surface area contributed by atoms with Gasteiger partial charge in [-0.3, -0.25) is 0 Å². The van der Waals surface area contributed by atoms with Gasteiger partial charge in [0, 0.05) is 12.2 Å². The van der Waals surface area contributed by atoms with Gasteiger partial charge in [0.1, 0.15) is 17.3 Å². The predicted molar refractivity (Wildman–Crippen MR) is 107 cm³/mol. The number of halogens is 1. The molecule has 146 valence electrons. The van der Waals surface area contributed by atoms with E-state index in [1.165, 1.54) is 6.07 Å². The number of pyridine rings is 1. The summed E-state index contributed by atoms with van der Waals surface area (Å²) in [5.41, 5.74) is 3.22. The third kappa shape index (κ3) is 4.67. The third-order valence-electron chi connectivity index (χ3n) is 4.42. The molecule has 0 saturated heterocycles. The zero-order valence-corrected chi connectivity index (χ0v) is 16.3. The minimum atomic E-state index is -0.461. The smallest absolute Gasteiger partial charge is 0.164 e. The molecule has 0 fully saturated rings. The summed E-state index contributed by atoms with van der Waals surface area (Å²) in [5, 5.41) is 9.72. The van der Waals surface area contributed by atoms with Gasteiger partial charge < -0.3 is 14.6 Å². The summed E-state index contributed by atoms with van der Waals surface area (Å²) < 4.78 is 26.0. The maximum absolute atomic E-state index is 14.4. The number of hydrogen-bond donors (Lipinski definition) is 1. The Bertz CT molecular complexity index is 958. The lowest BCUT2D eigenvalue weighted by molar-refractivity contribution is 0.0540. The molecular weight excluding hydrogens is 357 g/mol. The van der Waals surface area contributed by atoms with Gasteiger partial charge in [0.2, 0.25) is 0 Å². The van der Waals surface area contributed by atoms with Crippen LogP contribution in [0.3, 0.4) is 0 Å². The number of aromatic nitrogens is 1. The highest BCUT2D eigenvalue weighted by atomic mass is 19.1. The molecule has 2 aromatic carbocycles. The number of hydrogen-bond acceptors (Lipinski definition) is 4. The van der Waals surface area contributed by atoms with E-state index >= 15 is 0 Å². The van der Waals surface area contributed by atoms with Crippen LogP contribution in [-0.2, 0) is 4.74 Å². The standard InChI is InChI=1S/C23H24FNO3/c1-4-27-14-23(28-17-9-11-22(26)16(3)13-17)21-7-5-6-20(25-21)18-10-8-15(2)12-19(18)24/h5-13,23,26H,4,14H2,1-3H3/t23-/m1/s1. The summed E-state index contributed by atoms with van der Waals surface area (Å²) in [6, 6.07) is 15.6. The number of aryl methyl sites for hydroxylation is 2. The summed E-state index contributed by atoms with van der Waals surface area (Å²) in [7, 11) is 0. The molecule has 3 rings (SSSR count). The van der Waals surface area contributed by atoms with Crippen molar-refractivity contribution >= 4 is 0 Å². The normalized spacial score (nSPS) is 12.0. The Labute approximate surface area is 164 Å². The lowest BCUT2D eigenvalue weighted by Crippen LogP contribution is -2.16. The molecule has 0 radical (unpaired) electrons. The number of nitrogens with zero attached hydrogens (tertiary/aromatic N) is 1. The van der Waals surface area contributed by atoms with Crippen LogP contribution in [-0.4, -0.2) is 23.3 Å². The number of phenolic OH excluding ortho intramolecular Hbond substituents is 1. The van der Waals surface area contributed by atoms with E-state index in [1.54, 1.807) is 37.3 Å². The molecule has 1 N–H and O–H groups in total. The fraction of sp³-hybridized carbons (Fsp3) is 0.261. The van der Waals surface area contributed by atoms with Crippen LogP contribution < -0.4 is 4.74 Å². The van der Waals surface area contributed by atoms with Crippen LogP contribution in [0.25, 0.3) is 11.3 Å². The third-order valence-corrected chi connectivity index (χ3v) is 4.42. The van der Waals surface area contributed by atoms with Crippen LogP contribution in [0.2, 0.25) is 0 Å². The Morgan fingerprint density at radius 1 is 1.07 bits per heavy atom. The quantitative estimate of drug-likeness (QED) is 0.598. The van der Waals surface area contributed by atoms with Crippen molar-refractivity contribution in [2.75, 3.05) is 13.2 Å². The zero-order chi connectivity index (χ0) is 20.1. The molecule has 0 aliphatic heterocycles. The maximum Gasteiger partial charge on any atom is 0.164 e. The van der Waals surface area contributed by atoms with Crippen LogP contribution in [0.4, 0.5) is 4.39 Å². The second kappa shape index (κ2) is 8.85. The zero-order valence-electron chi connectivity index (χ0n) is 16.3. The molecule has 1 atom stereocenters. The van der Waals surface area contributed by atoms with Crippen LogP contribution in [0.1, 0.15) is 29.8 Å². The first kappa shape index (κ1) is 19.8. The Kier molecular flexibility index (Phi) is 6.26. The monoisotopic (exact) mass is 381 g/mol. The first-order chi connectivity index (χ1) is 13.5. The van der Waals surface area contributed by atoms with Crippen molar-refractivity contribution in [3.63, 3.8) is 0 Å². The van der Waals surface area contributed by atoms with Crippen LogP contribution in [0.5, 0.6) is 11.5 Å². The van der Waals surface area contributed by atoms with Crippen LogP contribution in [0.15, 0.2) is 54.6 Å². The summed E-state index contributed by atoms with van der Waals surface area (Å²) >= 11 is 0. The van der Waals surface area contributed by atoms with Gasteiger partial charge in [-0.15, -0.1) is 0 Å². The molecule has 0 spiro atoms. The topological polar surface area (TPSA) is 51.6 Å². The highest BCUT2D eigenvalue weighted by Gasteiger charge is 2.18. The van der Waals surface area contributed by atoms with Crippen LogP contribution in [0, 0.1) is 19.7 Å². The molecule has 28 heavy (non-hydrogen) atoms.